The van der Waals surface area contributed by atoms with Gasteiger partial charge in [-0.05, 0) is 31.5 Å². The molecule has 0 aliphatic carbocycles. The summed E-state index contributed by atoms with van der Waals surface area (Å²) in [6.45, 7) is 0.465. The largest absolute Gasteiger partial charge is 0.330 e. The van der Waals surface area contributed by atoms with Crippen LogP contribution < -0.4 is 11.1 Å². The van der Waals surface area contributed by atoms with E-state index in [-0.39, 0.29) is 12.2 Å². The Morgan fingerprint density at radius 1 is 1.29 bits per heavy atom. The van der Waals surface area contributed by atoms with Crippen molar-refractivity contribution in [2.75, 3.05) is 11.9 Å². The molecule has 1 aromatic heterocycles. The first kappa shape index (κ1) is 15.0. The Balaban J connectivity index is 1.93. The van der Waals surface area contributed by atoms with Gasteiger partial charge in [-0.2, -0.15) is 0 Å². The fourth-order valence-electron chi connectivity index (χ4n) is 1.79. The average Bonchev–Trinajstić information content (AvgIpc) is 2.82. The van der Waals surface area contributed by atoms with Crippen LogP contribution in [-0.4, -0.2) is 27.4 Å². The van der Waals surface area contributed by atoms with E-state index in [1.165, 1.54) is 4.68 Å². The van der Waals surface area contributed by atoms with Gasteiger partial charge < -0.3 is 11.1 Å². The number of carbonyl (C=O) groups is 1. The lowest BCUT2D eigenvalue weighted by Crippen LogP contribution is -2.19. The quantitative estimate of drug-likeness (QED) is 0.835. The highest BCUT2D eigenvalue weighted by molar-refractivity contribution is 5.90. The maximum absolute atomic E-state index is 13.0. The zero-order chi connectivity index (χ0) is 15.2. The van der Waals surface area contributed by atoms with E-state index in [0.29, 0.717) is 13.0 Å². The number of hydrogen-bond donors (Lipinski definition) is 2. The van der Waals surface area contributed by atoms with Gasteiger partial charge in [-0.25, -0.2) is 13.5 Å². The Kier molecular flexibility index (Phi) is 4.94. The number of carbonyl (C=O) groups excluding carboxylic acids is 1. The van der Waals surface area contributed by atoms with E-state index in [1.54, 1.807) is 6.20 Å². The molecule has 0 aliphatic rings. The van der Waals surface area contributed by atoms with Gasteiger partial charge in [0.1, 0.15) is 18.2 Å². The lowest BCUT2D eigenvalue weighted by atomic mass is 10.2. The van der Waals surface area contributed by atoms with E-state index in [4.69, 9.17) is 5.73 Å². The fourth-order valence-corrected chi connectivity index (χ4v) is 1.79. The number of amides is 1. The normalized spacial score (nSPS) is 10.6. The Morgan fingerprint density at radius 3 is 2.67 bits per heavy atom. The summed E-state index contributed by atoms with van der Waals surface area (Å²) in [5, 5.41) is 10.1. The molecule has 0 fully saturated rings. The zero-order valence-corrected chi connectivity index (χ0v) is 11.2. The maximum atomic E-state index is 13.0. The van der Waals surface area contributed by atoms with Gasteiger partial charge in [-0.15, -0.1) is 5.10 Å². The van der Waals surface area contributed by atoms with Crippen molar-refractivity contribution in [3.63, 3.8) is 0 Å². The van der Waals surface area contributed by atoms with Gasteiger partial charge in [-0.3, -0.25) is 4.79 Å². The van der Waals surface area contributed by atoms with Gasteiger partial charge in [0.05, 0.1) is 5.69 Å². The Hall–Kier alpha value is -2.35. The second-order valence-electron chi connectivity index (χ2n) is 4.51. The van der Waals surface area contributed by atoms with Crippen molar-refractivity contribution < 1.29 is 13.6 Å². The summed E-state index contributed by atoms with van der Waals surface area (Å²) in [6, 6.07) is 2.81. The Labute approximate surface area is 119 Å². The molecule has 0 unspecified atom stereocenters. The van der Waals surface area contributed by atoms with Crippen molar-refractivity contribution in [3.05, 3.63) is 41.7 Å². The van der Waals surface area contributed by atoms with Crippen LogP contribution in [-0.2, 0) is 17.8 Å². The van der Waals surface area contributed by atoms with Crippen LogP contribution in [0.2, 0.25) is 0 Å². The number of anilines is 1. The van der Waals surface area contributed by atoms with E-state index < -0.39 is 17.5 Å². The molecule has 0 saturated carbocycles. The van der Waals surface area contributed by atoms with Gasteiger partial charge in [0.2, 0.25) is 5.91 Å². The van der Waals surface area contributed by atoms with Gasteiger partial charge >= 0.3 is 0 Å². The molecule has 21 heavy (non-hydrogen) atoms. The lowest BCUT2D eigenvalue weighted by molar-refractivity contribution is -0.116. The first-order valence-corrected chi connectivity index (χ1v) is 6.42. The summed E-state index contributed by atoms with van der Waals surface area (Å²) < 4.78 is 27.4. The fraction of sp³-hybridized carbons (Fsp3) is 0.308. The molecule has 0 saturated heterocycles. The molecule has 1 aromatic carbocycles. The summed E-state index contributed by atoms with van der Waals surface area (Å²) in [5.74, 6) is -1.96. The van der Waals surface area contributed by atoms with Crippen LogP contribution in [0.15, 0.2) is 24.4 Å². The molecule has 0 radical (unpaired) electrons. The highest BCUT2D eigenvalue weighted by atomic mass is 19.1. The molecule has 1 heterocycles. The monoisotopic (exact) mass is 295 g/mol. The smallest absolute Gasteiger partial charge is 0.246 e. The van der Waals surface area contributed by atoms with Crippen LogP contribution in [0, 0.1) is 11.6 Å². The van der Waals surface area contributed by atoms with Crippen LogP contribution in [0.5, 0.6) is 0 Å². The standard InChI is InChI=1S/C13H15F2N5O/c14-9-4-10(15)6-12(5-9)17-13(21)8-20-7-11(18-19-20)2-1-3-16/h4-7H,1-3,8,16H2,(H,17,21). The van der Waals surface area contributed by atoms with E-state index in [0.717, 1.165) is 30.3 Å². The number of aryl methyl sites for hydroxylation is 1. The predicted molar refractivity (Wildman–Crippen MR) is 72.4 cm³/mol. The molecule has 0 aliphatic heterocycles. The summed E-state index contributed by atoms with van der Waals surface area (Å²) in [4.78, 5) is 11.8. The molecule has 112 valence electrons. The van der Waals surface area contributed by atoms with Crippen molar-refractivity contribution >= 4 is 11.6 Å². The minimum atomic E-state index is -0.755. The number of hydrogen-bond acceptors (Lipinski definition) is 4. The number of benzene rings is 1. The maximum Gasteiger partial charge on any atom is 0.246 e. The van der Waals surface area contributed by atoms with E-state index >= 15 is 0 Å². The summed E-state index contributed by atoms with van der Waals surface area (Å²) in [5.41, 5.74) is 6.19. The van der Waals surface area contributed by atoms with Crippen molar-refractivity contribution in [1.82, 2.24) is 15.0 Å². The van der Waals surface area contributed by atoms with E-state index in [2.05, 4.69) is 15.6 Å². The molecule has 1 amide bonds. The number of aromatic nitrogens is 3. The third kappa shape index (κ3) is 4.60. The third-order valence-corrected chi connectivity index (χ3v) is 2.68. The van der Waals surface area contributed by atoms with Crippen molar-refractivity contribution in [3.8, 4) is 0 Å². The molecular formula is C13H15F2N5O. The van der Waals surface area contributed by atoms with Crippen LogP contribution in [0.25, 0.3) is 0 Å². The molecule has 6 nitrogen and oxygen atoms in total. The van der Waals surface area contributed by atoms with E-state index in [9.17, 15) is 13.6 Å². The second kappa shape index (κ2) is 6.89. The summed E-state index contributed by atoms with van der Waals surface area (Å²) in [6.07, 6.45) is 3.11. The molecule has 0 spiro atoms. The first-order valence-electron chi connectivity index (χ1n) is 6.42. The Bertz CT molecular complexity index is 609. The summed E-state index contributed by atoms with van der Waals surface area (Å²) in [7, 11) is 0. The van der Waals surface area contributed by atoms with Crippen LogP contribution in [0.3, 0.4) is 0 Å². The zero-order valence-electron chi connectivity index (χ0n) is 11.2. The van der Waals surface area contributed by atoms with Crippen LogP contribution >= 0.6 is 0 Å². The SMILES string of the molecule is NCCCc1cn(CC(=O)Nc2cc(F)cc(F)c2)nn1. The number of nitrogens with zero attached hydrogens (tertiary/aromatic N) is 3. The van der Waals surface area contributed by atoms with E-state index in [1.807, 2.05) is 0 Å². The molecule has 8 heteroatoms. The number of halogens is 2. The van der Waals surface area contributed by atoms with Crippen LogP contribution in [0.4, 0.5) is 14.5 Å². The molecule has 0 bridgehead atoms. The van der Waals surface area contributed by atoms with Crippen molar-refractivity contribution in [2.45, 2.75) is 19.4 Å². The Morgan fingerprint density at radius 2 is 2.00 bits per heavy atom. The minimum Gasteiger partial charge on any atom is -0.330 e. The van der Waals surface area contributed by atoms with Crippen LogP contribution in [0.1, 0.15) is 12.1 Å². The van der Waals surface area contributed by atoms with Crippen molar-refractivity contribution in [1.29, 1.82) is 0 Å². The van der Waals surface area contributed by atoms with Gasteiger partial charge in [-0.1, -0.05) is 5.21 Å². The topological polar surface area (TPSA) is 85.8 Å². The lowest BCUT2D eigenvalue weighted by Gasteiger charge is -2.05. The van der Waals surface area contributed by atoms with Crippen molar-refractivity contribution in [2.24, 2.45) is 5.73 Å². The molecule has 2 aromatic rings. The third-order valence-electron chi connectivity index (χ3n) is 2.68. The predicted octanol–water partition coefficient (Wildman–Crippen LogP) is 1.09. The molecule has 0 atom stereocenters. The number of nitrogens with one attached hydrogen (secondary N) is 1. The minimum absolute atomic E-state index is 0.0565. The first-order chi connectivity index (χ1) is 10.1. The van der Waals surface area contributed by atoms with Gasteiger partial charge in [0.25, 0.3) is 0 Å². The average molecular weight is 295 g/mol. The molecular weight excluding hydrogens is 280 g/mol. The summed E-state index contributed by atoms with van der Waals surface area (Å²) >= 11 is 0. The van der Waals surface area contributed by atoms with Gasteiger partial charge in [0, 0.05) is 18.0 Å². The molecule has 3 N–H and O–H groups in total. The number of nitrogens with two attached hydrogens (primary N) is 1. The highest BCUT2D eigenvalue weighted by Gasteiger charge is 2.08. The van der Waals surface area contributed by atoms with Gasteiger partial charge in [0.15, 0.2) is 0 Å². The second-order valence-corrected chi connectivity index (χ2v) is 4.51. The highest BCUT2D eigenvalue weighted by Crippen LogP contribution is 2.12. The molecule has 2 rings (SSSR count). The number of rotatable bonds is 6.